The first-order valence-electron chi connectivity index (χ1n) is 3.72. The molecule has 2 nitrogen and oxygen atoms in total. The van der Waals surface area contributed by atoms with Gasteiger partial charge >= 0.3 is 0 Å². The minimum atomic E-state index is 0.739. The van der Waals surface area contributed by atoms with Gasteiger partial charge in [-0.3, -0.25) is 0 Å². The lowest BCUT2D eigenvalue weighted by Gasteiger charge is -1.92. The molecule has 0 atom stereocenters. The Hall–Kier alpha value is -1.15. The van der Waals surface area contributed by atoms with Gasteiger partial charge in [-0.2, -0.15) is 0 Å². The maximum atomic E-state index is 6.03. The highest BCUT2D eigenvalue weighted by molar-refractivity contribution is 6.36. The number of benzene rings is 1. The fourth-order valence-corrected chi connectivity index (χ4v) is 1.51. The van der Waals surface area contributed by atoms with Gasteiger partial charge in [0, 0.05) is 22.3 Å². The van der Waals surface area contributed by atoms with E-state index in [9.17, 15) is 0 Å². The highest BCUT2D eigenvalue weighted by Gasteiger charge is 2.04. The van der Waals surface area contributed by atoms with E-state index in [0.717, 1.165) is 27.3 Å². The molecular weight excluding hydrogens is 172 g/mol. The number of fused-ring (bicyclic) bond motifs is 1. The van der Waals surface area contributed by atoms with Crippen LogP contribution in [-0.4, -0.2) is 4.98 Å². The predicted octanol–water partition coefficient (Wildman–Crippen LogP) is 2.71. The Morgan fingerprint density at radius 3 is 2.92 bits per heavy atom. The first-order chi connectivity index (χ1) is 5.68. The zero-order valence-corrected chi connectivity index (χ0v) is 7.44. The molecule has 1 aromatic carbocycles. The van der Waals surface area contributed by atoms with Crippen LogP contribution in [0.15, 0.2) is 18.2 Å². The van der Waals surface area contributed by atoms with Crippen LogP contribution >= 0.6 is 11.6 Å². The fourth-order valence-electron chi connectivity index (χ4n) is 1.31. The fraction of sp³-hybridized carbons (Fsp3) is 0.111. The Bertz CT molecular complexity index is 431. The van der Waals surface area contributed by atoms with Crippen LogP contribution in [0.5, 0.6) is 0 Å². The lowest BCUT2D eigenvalue weighted by Crippen LogP contribution is -1.81. The molecule has 0 fully saturated rings. The van der Waals surface area contributed by atoms with Crippen molar-refractivity contribution in [2.24, 2.45) is 0 Å². The second-order valence-corrected chi connectivity index (χ2v) is 3.25. The first-order valence-corrected chi connectivity index (χ1v) is 4.09. The number of aromatic amines is 1. The van der Waals surface area contributed by atoms with Crippen molar-refractivity contribution in [3.8, 4) is 0 Å². The topological polar surface area (TPSA) is 41.8 Å². The summed E-state index contributed by atoms with van der Waals surface area (Å²) >= 11 is 6.03. The van der Waals surface area contributed by atoms with E-state index in [1.165, 1.54) is 0 Å². The van der Waals surface area contributed by atoms with Gasteiger partial charge < -0.3 is 10.7 Å². The van der Waals surface area contributed by atoms with Crippen molar-refractivity contribution < 1.29 is 0 Å². The summed E-state index contributed by atoms with van der Waals surface area (Å²) in [7, 11) is 0. The molecule has 12 heavy (non-hydrogen) atoms. The maximum Gasteiger partial charge on any atom is 0.0689 e. The third-order valence-electron chi connectivity index (χ3n) is 1.93. The summed E-state index contributed by atoms with van der Waals surface area (Å²) in [5.41, 5.74) is 8.39. The summed E-state index contributed by atoms with van der Waals surface area (Å²) < 4.78 is 0. The monoisotopic (exact) mass is 180 g/mol. The molecule has 0 unspecified atom stereocenters. The second-order valence-electron chi connectivity index (χ2n) is 2.87. The van der Waals surface area contributed by atoms with Gasteiger partial charge in [-0.15, -0.1) is 0 Å². The Balaban J connectivity index is 2.88. The number of H-pyrrole nitrogens is 1. The second kappa shape index (κ2) is 2.42. The quantitative estimate of drug-likeness (QED) is 0.602. The smallest absolute Gasteiger partial charge is 0.0689 e. The van der Waals surface area contributed by atoms with Crippen molar-refractivity contribution in [1.82, 2.24) is 4.98 Å². The number of hydrogen-bond acceptors (Lipinski definition) is 1. The summed E-state index contributed by atoms with van der Waals surface area (Å²) in [6.07, 6.45) is 0. The van der Waals surface area contributed by atoms with Gasteiger partial charge in [-0.25, -0.2) is 0 Å². The third-order valence-corrected chi connectivity index (χ3v) is 2.42. The number of rotatable bonds is 0. The van der Waals surface area contributed by atoms with Crippen LogP contribution < -0.4 is 5.73 Å². The van der Waals surface area contributed by atoms with E-state index in [-0.39, 0.29) is 0 Å². The van der Waals surface area contributed by atoms with Crippen LogP contribution in [-0.2, 0) is 0 Å². The minimum absolute atomic E-state index is 0.739. The average molecular weight is 181 g/mol. The van der Waals surface area contributed by atoms with Gasteiger partial charge in [0.2, 0.25) is 0 Å². The van der Waals surface area contributed by atoms with E-state index in [2.05, 4.69) is 4.98 Å². The molecule has 0 aliphatic rings. The number of anilines is 1. The van der Waals surface area contributed by atoms with Gasteiger partial charge in [-0.1, -0.05) is 11.6 Å². The molecule has 3 N–H and O–H groups in total. The van der Waals surface area contributed by atoms with E-state index in [1.807, 2.05) is 25.1 Å². The highest BCUT2D eigenvalue weighted by atomic mass is 35.5. The van der Waals surface area contributed by atoms with Crippen LogP contribution in [0.3, 0.4) is 0 Å². The number of halogens is 1. The molecule has 1 aromatic heterocycles. The van der Waals surface area contributed by atoms with Crippen molar-refractivity contribution in [2.45, 2.75) is 6.92 Å². The van der Waals surface area contributed by atoms with Gasteiger partial charge in [-0.05, 0) is 25.1 Å². The van der Waals surface area contributed by atoms with Crippen molar-refractivity contribution in [3.05, 3.63) is 28.9 Å². The number of nitrogens with one attached hydrogen (secondary N) is 1. The Morgan fingerprint density at radius 1 is 1.42 bits per heavy atom. The molecule has 1 heterocycles. The summed E-state index contributed by atoms with van der Waals surface area (Å²) in [4.78, 5) is 3.17. The number of nitrogens with two attached hydrogens (primary N) is 1. The van der Waals surface area contributed by atoms with Crippen LogP contribution in [0.4, 0.5) is 5.69 Å². The lowest BCUT2D eigenvalue weighted by molar-refractivity contribution is 1.30. The summed E-state index contributed by atoms with van der Waals surface area (Å²) in [5.74, 6) is 0. The maximum absolute atomic E-state index is 6.03. The lowest BCUT2D eigenvalue weighted by atomic mass is 10.2. The minimum Gasteiger partial charge on any atom is -0.399 e. The Kier molecular flexibility index (Phi) is 1.51. The number of nitrogen functional groups attached to an aromatic ring is 1. The van der Waals surface area contributed by atoms with E-state index < -0.39 is 0 Å². The van der Waals surface area contributed by atoms with Crippen molar-refractivity contribution in [2.75, 3.05) is 5.73 Å². The zero-order valence-electron chi connectivity index (χ0n) is 6.69. The molecule has 3 heteroatoms. The van der Waals surface area contributed by atoms with Gasteiger partial charge in [0.05, 0.1) is 5.02 Å². The summed E-state index contributed by atoms with van der Waals surface area (Å²) in [6.45, 7) is 1.94. The number of aryl methyl sites for hydroxylation is 1. The molecule has 62 valence electrons. The SMILES string of the molecule is Cc1[nH]c2ccc(N)cc2c1Cl. The molecule has 2 rings (SSSR count). The van der Waals surface area contributed by atoms with Crippen molar-refractivity contribution in [3.63, 3.8) is 0 Å². The molecule has 0 saturated carbocycles. The molecule has 0 amide bonds. The zero-order chi connectivity index (χ0) is 8.72. The summed E-state index contributed by atoms with van der Waals surface area (Å²) in [6, 6.07) is 5.67. The molecular formula is C9H9ClN2. The van der Waals surface area contributed by atoms with Crippen LogP contribution in [0.1, 0.15) is 5.69 Å². The van der Waals surface area contributed by atoms with Crippen LogP contribution in [0.2, 0.25) is 5.02 Å². The molecule has 0 aliphatic carbocycles. The van der Waals surface area contributed by atoms with Gasteiger partial charge in [0.25, 0.3) is 0 Å². The normalized spacial score (nSPS) is 10.8. The van der Waals surface area contributed by atoms with Gasteiger partial charge in [0.15, 0.2) is 0 Å². The van der Waals surface area contributed by atoms with E-state index in [4.69, 9.17) is 17.3 Å². The van der Waals surface area contributed by atoms with E-state index >= 15 is 0 Å². The molecule has 0 spiro atoms. The highest BCUT2D eigenvalue weighted by Crippen LogP contribution is 2.27. The van der Waals surface area contributed by atoms with E-state index in [1.54, 1.807) is 0 Å². The Morgan fingerprint density at radius 2 is 2.17 bits per heavy atom. The largest absolute Gasteiger partial charge is 0.399 e. The molecule has 0 radical (unpaired) electrons. The summed E-state index contributed by atoms with van der Waals surface area (Å²) in [5, 5.41) is 1.76. The number of hydrogen-bond donors (Lipinski definition) is 2. The van der Waals surface area contributed by atoms with Gasteiger partial charge in [0.1, 0.15) is 0 Å². The van der Waals surface area contributed by atoms with Crippen LogP contribution in [0, 0.1) is 6.92 Å². The number of aromatic nitrogens is 1. The molecule has 0 aliphatic heterocycles. The predicted molar refractivity (Wildman–Crippen MR) is 52.5 cm³/mol. The van der Waals surface area contributed by atoms with Crippen molar-refractivity contribution >= 4 is 28.2 Å². The van der Waals surface area contributed by atoms with Crippen molar-refractivity contribution in [1.29, 1.82) is 0 Å². The first kappa shape index (κ1) is 7.50. The van der Waals surface area contributed by atoms with E-state index in [0.29, 0.717) is 0 Å². The standard InChI is InChI=1S/C9H9ClN2/c1-5-9(10)7-4-6(11)2-3-8(7)12-5/h2-4,12H,11H2,1H3. The average Bonchev–Trinajstić information content (AvgIpc) is 2.31. The molecule has 2 aromatic rings. The molecule has 0 saturated heterocycles. The van der Waals surface area contributed by atoms with Crippen LogP contribution in [0.25, 0.3) is 10.9 Å². The molecule has 0 bridgehead atoms. The Labute approximate surface area is 75.3 Å². The third kappa shape index (κ3) is 0.959.